The number of hydrogen-bond acceptors (Lipinski definition) is 6. The van der Waals surface area contributed by atoms with Gasteiger partial charge < -0.3 is 8.83 Å². The van der Waals surface area contributed by atoms with Gasteiger partial charge in [-0.15, -0.1) is 0 Å². The van der Waals surface area contributed by atoms with Crippen molar-refractivity contribution in [2.24, 2.45) is 0 Å². The zero-order valence-corrected chi connectivity index (χ0v) is 33.2. The summed E-state index contributed by atoms with van der Waals surface area (Å²) in [5.41, 5.74) is 15.9. The van der Waals surface area contributed by atoms with E-state index in [9.17, 15) is 0 Å². The highest BCUT2D eigenvalue weighted by atomic mass is 16.3. The summed E-state index contributed by atoms with van der Waals surface area (Å²) < 4.78 is 13.0. The van der Waals surface area contributed by atoms with Crippen LogP contribution in [0.15, 0.2) is 215 Å². The number of nitrogens with zero attached hydrogens (tertiary/aromatic N) is 4. The Morgan fingerprint density at radius 1 is 0.258 bits per heavy atom. The van der Waals surface area contributed by atoms with Gasteiger partial charge in [-0.1, -0.05) is 182 Å². The molecule has 0 radical (unpaired) electrons. The molecule has 12 aromatic rings. The molecule has 0 aliphatic heterocycles. The molecule has 0 aliphatic carbocycles. The molecule has 290 valence electrons. The Balaban J connectivity index is 1.03. The Hall–Kier alpha value is -8.48. The Morgan fingerprint density at radius 2 is 0.581 bits per heavy atom. The van der Waals surface area contributed by atoms with Crippen LogP contribution in [0.5, 0.6) is 0 Å². The Bertz CT molecular complexity index is 3370. The molecule has 0 saturated carbocycles. The minimum atomic E-state index is 0.591. The van der Waals surface area contributed by atoms with E-state index in [0.29, 0.717) is 22.8 Å². The van der Waals surface area contributed by atoms with E-state index in [1.807, 2.05) is 60.7 Å². The minimum Gasteiger partial charge on any atom is -0.452 e. The van der Waals surface area contributed by atoms with Crippen molar-refractivity contribution in [2.45, 2.75) is 0 Å². The monoisotopic (exact) mass is 794 g/mol. The average molecular weight is 795 g/mol. The molecule has 0 unspecified atom stereocenters. The highest BCUT2D eigenvalue weighted by Gasteiger charge is 2.23. The molecule has 6 heteroatoms. The van der Waals surface area contributed by atoms with Gasteiger partial charge in [0.15, 0.2) is 22.8 Å². The van der Waals surface area contributed by atoms with E-state index in [1.54, 1.807) is 0 Å². The topological polar surface area (TPSA) is 77.8 Å². The van der Waals surface area contributed by atoms with Gasteiger partial charge in [-0.2, -0.15) is 0 Å². The lowest BCUT2D eigenvalue weighted by Crippen LogP contribution is -1.98. The zero-order chi connectivity index (χ0) is 41.0. The quantitative estimate of drug-likeness (QED) is 0.160. The normalized spacial score (nSPS) is 11.5. The molecular weight excluding hydrogens is 761 g/mol. The lowest BCUT2D eigenvalue weighted by Gasteiger charge is -2.15. The third kappa shape index (κ3) is 6.04. The molecule has 8 aromatic carbocycles. The van der Waals surface area contributed by atoms with Crippen LogP contribution in [0.25, 0.3) is 123 Å². The lowest BCUT2D eigenvalue weighted by molar-refractivity contribution is 0.667. The first-order valence-electron chi connectivity index (χ1n) is 20.6. The fourth-order valence-corrected chi connectivity index (χ4v) is 8.54. The van der Waals surface area contributed by atoms with Crippen LogP contribution in [0.4, 0.5) is 0 Å². The second-order valence-corrected chi connectivity index (χ2v) is 15.3. The van der Waals surface area contributed by atoms with Gasteiger partial charge >= 0.3 is 0 Å². The number of aromatic nitrogens is 4. The molecule has 0 aliphatic rings. The van der Waals surface area contributed by atoms with E-state index in [-0.39, 0.29) is 0 Å². The van der Waals surface area contributed by atoms with Crippen LogP contribution in [0.2, 0.25) is 0 Å². The third-order valence-corrected chi connectivity index (χ3v) is 11.6. The maximum atomic E-state index is 6.52. The predicted molar refractivity (Wildman–Crippen MR) is 250 cm³/mol. The van der Waals surface area contributed by atoms with Crippen molar-refractivity contribution in [1.29, 1.82) is 0 Å². The van der Waals surface area contributed by atoms with Crippen molar-refractivity contribution in [2.75, 3.05) is 0 Å². The highest BCUT2D eigenvalue weighted by molar-refractivity contribution is 6.09. The molecule has 0 atom stereocenters. The van der Waals surface area contributed by atoms with E-state index in [4.69, 9.17) is 28.8 Å². The minimum absolute atomic E-state index is 0.591. The van der Waals surface area contributed by atoms with Crippen molar-refractivity contribution >= 4 is 44.1 Å². The molecule has 6 nitrogen and oxygen atoms in total. The summed E-state index contributed by atoms with van der Waals surface area (Å²) in [6, 6.07) is 70.4. The van der Waals surface area contributed by atoms with E-state index in [0.717, 1.165) is 100.0 Å². The van der Waals surface area contributed by atoms with Gasteiger partial charge in [-0.25, -0.2) is 19.9 Å². The smallest absolute Gasteiger partial charge is 0.180 e. The summed E-state index contributed by atoms with van der Waals surface area (Å²) >= 11 is 0. The summed E-state index contributed by atoms with van der Waals surface area (Å²) in [5.74, 6) is 1.18. The molecule has 4 aromatic heterocycles. The third-order valence-electron chi connectivity index (χ3n) is 11.6. The predicted octanol–water partition coefficient (Wildman–Crippen LogP) is 14.7. The van der Waals surface area contributed by atoms with Crippen LogP contribution >= 0.6 is 0 Å². The summed E-state index contributed by atoms with van der Waals surface area (Å²) in [4.78, 5) is 21.2. The Labute approximate surface area is 356 Å². The van der Waals surface area contributed by atoms with E-state index in [2.05, 4.69) is 146 Å². The molecule has 4 heterocycles. The summed E-state index contributed by atoms with van der Waals surface area (Å²) in [5, 5.41) is 1.87. The second-order valence-electron chi connectivity index (χ2n) is 15.3. The average Bonchev–Trinajstić information content (AvgIpc) is 3.93. The standard InChI is InChI=1S/C56H34N4O2/c1-3-15-35(16-4-1)37-27-31-39(32-28-37)49-53-51(45-23-11-13-25-47(45)61-53)59-55(57-49)43-21-9-7-19-41(43)42-20-8-10-22-44(42)56-58-50(54-52(60-56)46-24-12-14-26-48(46)62-54)40-33-29-38(30-34-40)36-17-5-2-6-18-36/h1-34H. The Morgan fingerprint density at radius 3 is 1.00 bits per heavy atom. The number of para-hydroxylation sites is 2. The van der Waals surface area contributed by atoms with Crippen LogP contribution in [-0.2, 0) is 0 Å². The fraction of sp³-hybridized carbons (Fsp3) is 0. The molecule has 0 fully saturated rings. The van der Waals surface area contributed by atoms with Crippen LogP contribution < -0.4 is 0 Å². The van der Waals surface area contributed by atoms with E-state index < -0.39 is 0 Å². The number of furan rings is 2. The molecule has 12 rings (SSSR count). The molecule has 0 N–H and O–H groups in total. The van der Waals surface area contributed by atoms with Crippen molar-refractivity contribution in [1.82, 2.24) is 19.9 Å². The first-order chi connectivity index (χ1) is 30.7. The van der Waals surface area contributed by atoms with Crippen LogP contribution in [0, 0.1) is 0 Å². The maximum absolute atomic E-state index is 6.52. The van der Waals surface area contributed by atoms with E-state index >= 15 is 0 Å². The second kappa shape index (κ2) is 14.7. The molecule has 0 amide bonds. The lowest BCUT2D eigenvalue weighted by atomic mass is 9.94. The van der Waals surface area contributed by atoms with Crippen molar-refractivity contribution in [3.05, 3.63) is 206 Å². The number of hydrogen-bond donors (Lipinski definition) is 0. The zero-order valence-electron chi connectivity index (χ0n) is 33.2. The van der Waals surface area contributed by atoms with Crippen LogP contribution in [0.3, 0.4) is 0 Å². The van der Waals surface area contributed by atoms with Crippen molar-refractivity contribution < 1.29 is 8.83 Å². The van der Waals surface area contributed by atoms with Gasteiger partial charge in [-0.3, -0.25) is 0 Å². The van der Waals surface area contributed by atoms with E-state index in [1.165, 1.54) is 0 Å². The van der Waals surface area contributed by atoms with Gasteiger partial charge in [0.2, 0.25) is 0 Å². The summed E-state index contributed by atoms with van der Waals surface area (Å²) in [6.07, 6.45) is 0. The van der Waals surface area contributed by atoms with Gasteiger partial charge in [0.05, 0.1) is 0 Å². The molecule has 0 saturated heterocycles. The maximum Gasteiger partial charge on any atom is 0.180 e. The summed E-state index contributed by atoms with van der Waals surface area (Å²) in [6.45, 7) is 0. The Kier molecular flexibility index (Phi) is 8.38. The van der Waals surface area contributed by atoms with Crippen LogP contribution in [-0.4, -0.2) is 19.9 Å². The van der Waals surface area contributed by atoms with Gasteiger partial charge in [-0.05, 0) is 57.6 Å². The van der Waals surface area contributed by atoms with Crippen molar-refractivity contribution in [3.8, 4) is 78.7 Å². The number of fused-ring (bicyclic) bond motifs is 6. The van der Waals surface area contributed by atoms with Gasteiger partial charge in [0.25, 0.3) is 0 Å². The van der Waals surface area contributed by atoms with Gasteiger partial charge in [0, 0.05) is 33.0 Å². The first-order valence-corrected chi connectivity index (χ1v) is 20.6. The molecular formula is C56H34N4O2. The largest absolute Gasteiger partial charge is 0.452 e. The number of rotatable bonds is 7. The highest BCUT2D eigenvalue weighted by Crippen LogP contribution is 2.42. The molecule has 0 bridgehead atoms. The van der Waals surface area contributed by atoms with Gasteiger partial charge in [0.1, 0.15) is 33.6 Å². The first kappa shape index (κ1) is 35.5. The fourth-order valence-electron chi connectivity index (χ4n) is 8.54. The molecule has 0 spiro atoms. The molecule has 62 heavy (non-hydrogen) atoms. The SMILES string of the molecule is c1ccc(-c2ccc(-c3nc(-c4ccccc4-c4ccccc4-c4nc(-c5ccc(-c6ccccc6)cc5)c5oc6ccccc6c5n4)nc4c3oc3ccccc34)cc2)cc1. The summed E-state index contributed by atoms with van der Waals surface area (Å²) in [7, 11) is 0. The van der Waals surface area contributed by atoms with Crippen molar-refractivity contribution in [3.63, 3.8) is 0 Å². The number of benzene rings is 8. The van der Waals surface area contributed by atoms with Crippen LogP contribution in [0.1, 0.15) is 0 Å².